The largest absolute Gasteiger partial charge is 0.361 e. The topological polar surface area (TPSA) is 75.4 Å². The van der Waals surface area contributed by atoms with Crippen LogP contribution in [0.5, 0.6) is 0 Å². The van der Waals surface area contributed by atoms with Crippen molar-refractivity contribution in [3.63, 3.8) is 0 Å². The van der Waals surface area contributed by atoms with Crippen LogP contribution < -0.4 is 5.32 Å². The maximum Gasteiger partial charge on any atom is 0.259 e. The molecular formula is C17H21N3O3. The molecule has 1 aromatic heterocycles. The fourth-order valence-corrected chi connectivity index (χ4v) is 2.38. The van der Waals surface area contributed by atoms with Crippen LogP contribution in [0.15, 0.2) is 28.8 Å². The van der Waals surface area contributed by atoms with Crippen LogP contribution in [0.25, 0.3) is 0 Å². The maximum atomic E-state index is 12.6. The van der Waals surface area contributed by atoms with Gasteiger partial charge >= 0.3 is 0 Å². The summed E-state index contributed by atoms with van der Waals surface area (Å²) < 4.78 is 5.12. The van der Waals surface area contributed by atoms with Crippen molar-refractivity contribution in [3.05, 3.63) is 52.4 Å². The second-order valence-corrected chi connectivity index (χ2v) is 5.35. The first kappa shape index (κ1) is 16.7. The van der Waals surface area contributed by atoms with Crippen LogP contribution in [0.2, 0.25) is 0 Å². The van der Waals surface area contributed by atoms with E-state index in [-0.39, 0.29) is 11.8 Å². The van der Waals surface area contributed by atoms with E-state index in [1.165, 1.54) is 0 Å². The van der Waals surface area contributed by atoms with E-state index in [0.29, 0.717) is 35.5 Å². The Balaban J connectivity index is 2.12. The molecule has 122 valence electrons. The third kappa shape index (κ3) is 3.59. The molecule has 0 aliphatic rings. The maximum absolute atomic E-state index is 12.6. The van der Waals surface area contributed by atoms with E-state index in [9.17, 15) is 9.59 Å². The first-order chi connectivity index (χ1) is 11.0. The summed E-state index contributed by atoms with van der Waals surface area (Å²) in [5, 5.41) is 6.49. The minimum Gasteiger partial charge on any atom is -0.361 e. The standard InChI is InChI=1S/C17H21N3O3/c1-5-14-15(11(2)23-19-14)17(22)20(4)10-12-6-8-13(9-7-12)16(21)18-3/h6-9H,5,10H2,1-4H3,(H,18,21). The zero-order chi connectivity index (χ0) is 17.0. The van der Waals surface area contributed by atoms with Crippen molar-refractivity contribution in [2.45, 2.75) is 26.8 Å². The average molecular weight is 315 g/mol. The van der Waals surface area contributed by atoms with Crippen molar-refractivity contribution < 1.29 is 14.1 Å². The molecule has 6 heteroatoms. The van der Waals surface area contributed by atoms with Crippen LogP contribution in [0.4, 0.5) is 0 Å². The molecule has 0 unspecified atom stereocenters. The summed E-state index contributed by atoms with van der Waals surface area (Å²) in [5.41, 5.74) is 2.75. The third-order valence-electron chi connectivity index (χ3n) is 3.69. The molecule has 2 aromatic rings. The number of hydrogen-bond acceptors (Lipinski definition) is 4. The molecule has 2 amide bonds. The van der Waals surface area contributed by atoms with Gasteiger partial charge in [0, 0.05) is 26.2 Å². The van der Waals surface area contributed by atoms with E-state index in [4.69, 9.17) is 4.52 Å². The molecule has 1 heterocycles. The fourth-order valence-electron chi connectivity index (χ4n) is 2.38. The Hall–Kier alpha value is -2.63. The van der Waals surface area contributed by atoms with Crippen molar-refractivity contribution in [2.24, 2.45) is 0 Å². The number of nitrogens with one attached hydrogen (secondary N) is 1. The van der Waals surface area contributed by atoms with E-state index in [2.05, 4.69) is 10.5 Å². The monoisotopic (exact) mass is 315 g/mol. The van der Waals surface area contributed by atoms with Gasteiger partial charge in [-0.05, 0) is 31.0 Å². The molecule has 1 aromatic carbocycles. The number of amides is 2. The van der Waals surface area contributed by atoms with Crippen molar-refractivity contribution in [3.8, 4) is 0 Å². The molecule has 0 aliphatic carbocycles. The Morgan fingerprint density at radius 3 is 2.48 bits per heavy atom. The van der Waals surface area contributed by atoms with E-state index in [0.717, 1.165) is 5.56 Å². The number of hydrogen-bond donors (Lipinski definition) is 1. The highest BCUT2D eigenvalue weighted by atomic mass is 16.5. The van der Waals surface area contributed by atoms with Gasteiger partial charge in [-0.2, -0.15) is 0 Å². The fraction of sp³-hybridized carbons (Fsp3) is 0.353. The Bertz CT molecular complexity index is 704. The Morgan fingerprint density at radius 2 is 1.91 bits per heavy atom. The lowest BCUT2D eigenvalue weighted by molar-refractivity contribution is 0.0782. The number of carbonyl (C=O) groups is 2. The minimum atomic E-state index is -0.131. The molecular weight excluding hydrogens is 294 g/mol. The van der Waals surface area contributed by atoms with Crippen molar-refractivity contribution in [1.82, 2.24) is 15.4 Å². The molecule has 0 saturated carbocycles. The summed E-state index contributed by atoms with van der Waals surface area (Å²) in [5.74, 6) is 0.290. The molecule has 0 saturated heterocycles. The lowest BCUT2D eigenvalue weighted by Gasteiger charge is -2.17. The van der Waals surface area contributed by atoms with Crippen molar-refractivity contribution in [2.75, 3.05) is 14.1 Å². The molecule has 0 atom stereocenters. The highest BCUT2D eigenvalue weighted by Crippen LogP contribution is 2.17. The van der Waals surface area contributed by atoms with Crippen LogP contribution >= 0.6 is 0 Å². The van der Waals surface area contributed by atoms with Gasteiger partial charge in [0.05, 0.1) is 5.69 Å². The van der Waals surface area contributed by atoms with Crippen LogP contribution in [0, 0.1) is 6.92 Å². The van der Waals surface area contributed by atoms with E-state index < -0.39 is 0 Å². The normalized spacial score (nSPS) is 10.4. The quantitative estimate of drug-likeness (QED) is 0.917. The molecule has 0 radical (unpaired) electrons. The second-order valence-electron chi connectivity index (χ2n) is 5.35. The SMILES string of the molecule is CCc1noc(C)c1C(=O)N(C)Cc1ccc(C(=O)NC)cc1. The summed E-state index contributed by atoms with van der Waals surface area (Å²) in [6, 6.07) is 7.17. The molecule has 6 nitrogen and oxygen atoms in total. The summed E-state index contributed by atoms with van der Waals surface area (Å²) in [7, 11) is 3.33. The van der Waals surface area contributed by atoms with Crippen LogP contribution in [0.1, 0.15) is 44.7 Å². The first-order valence-electron chi connectivity index (χ1n) is 7.49. The number of rotatable bonds is 5. The summed E-state index contributed by atoms with van der Waals surface area (Å²) >= 11 is 0. The lowest BCUT2D eigenvalue weighted by Crippen LogP contribution is -2.27. The first-order valence-corrected chi connectivity index (χ1v) is 7.49. The van der Waals surface area contributed by atoms with Gasteiger partial charge in [-0.25, -0.2) is 0 Å². The van der Waals surface area contributed by atoms with E-state index in [1.54, 1.807) is 38.1 Å². The average Bonchev–Trinajstić information content (AvgIpc) is 2.94. The zero-order valence-corrected chi connectivity index (χ0v) is 13.8. The predicted octanol–water partition coefficient (Wildman–Crippen LogP) is 2.18. The predicted molar refractivity (Wildman–Crippen MR) is 86.2 cm³/mol. The number of carbonyl (C=O) groups excluding carboxylic acids is 2. The highest BCUT2D eigenvalue weighted by molar-refractivity contribution is 5.96. The van der Waals surface area contributed by atoms with E-state index >= 15 is 0 Å². The summed E-state index contributed by atoms with van der Waals surface area (Å²) in [4.78, 5) is 25.7. The minimum absolute atomic E-state index is 0.115. The third-order valence-corrected chi connectivity index (χ3v) is 3.69. The number of aromatic nitrogens is 1. The molecule has 2 rings (SSSR count). The number of aryl methyl sites for hydroxylation is 2. The Labute approximate surface area is 135 Å². The zero-order valence-electron chi connectivity index (χ0n) is 13.8. The van der Waals surface area contributed by atoms with Crippen molar-refractivity contribution >= 4 is 11.8 Å². The van der Waals surface area contributed by atoms with Crippen LogP contribution in [0.3, 0.4) is 0 Å². The smallest absolute Gasteiger partial charge is 0.259 e. The van der Waals surface area contributed by atoms with Crippen molar-refractivity contribution in [1.29, 1.82) is 0 Å². The van der Waals surface area contributed by atoms with Gasteiger partial charge in [0.25, 0.3) is 11.8 Å². The number of nitrogens with zero attached hydrogens (tertiary/aromatic N) is 2. The van der Waals surface area contributed by atoms with Crippen LogP contribution in [-0.2, 0) is 13.0 Å². The molecule has 0 fully saturated rings. The molecule has 0 bridgehead atoms. The Morgan fingerprint density at radius 1 is 1.26 bits per heavy atom. The van der Waals surface area contributed by atoms with Gasteiger partial charge in [0.1, 0.15) is 11.3 Å². The molecule has 0 spiro atoms. The summed E-state index contributed by atoms with van der Waals surface area (Å²) in [6.45, 7) is 4.12. The molecule has 23 heavy (non-hydrogen) atoms. The van der Waals surface area contributed by atoms with Gasteiger partial charge in [0.15, 0.2) is 0 Å². The van der Waals surface area contributed by atoms with E-state index in [1.807, 2.05) is 19.1 Å². The second kappa shape index (κ2) is 7.09. The molecule has 1 N–H and O–H groups in total. The van der Waals surface area contributed by atoms with Gasteiger partial charge in [-0.1, -0.05) is 24.2 Å². The number of benzene rings is 1. The van der Waals surface area contributed by atoms with Gasteiger partial charge in [-0.3, -0.25) is 9.59 Å². The molecule has 0 aliphatic heterocycles. The lowest BCUT2D eigenvalue weighted by atomic mass is 10.1. The van der Waals surface area contributed by atoms with Gasteiger partial charge < -0.3 is 14.7 Å². The van der Waals surface area contributed by atoms with Crippen LogP contribution in [-0.4, -0.2) is 36.0 Å². The van der Waals surface area contributed by atoms with Gasteiger partial charge in [0.2, 0.25) is 0 Å². The Kier molecular flexibility index (Phi) is 5.16. The summed E-state index contributed by atoms with van der Waals surface area (Å²) in [6.07, 6.45) is 0.646. The van der Waals surface area contributed by atoms with Gasteiger partial charge in [-0.15, -0.1) is 0 Å². The highest BCUT2D eigenvalue weighted by Gasteiger charge is 2.22.